The van der Waals surface area contributed by atoms with Crippen molar-refractivity contribution in [2.24, 2.45) is 5.92 Å². The first-order valence-electron chi connectivity index (χ1n) is 47.5. The summed E-state index contributed by atoms with van der Waals surface area (Å²) in [4.78, 5) is 44.5. The monoisotopic (exact) mass is 1940 g/mol. The SMILES string of the molecule is CC(Oc1nc2c3c(c(Cl)c(-c4cc(C5CC[C@@]6(C(C)Oc7nc8c9c(c(Cl)c(-c%10c(F)cc(C%11CC[C@@]%12(COc%13nc%14c%15c(c(Cl)c(-c%16ccc%17sc(N)cc%17c%16)c(F)c%15n%13)OCC%13C%15CCC(CN%14%13)N%15)CCCN%11%12)c%11sc(N)c(C#N)c%10%11)c(F)c9n7)OCC7C9CCC(CN87)N9)CC(CF)CN56)cc5sc(N)c(C#N)c45)c(F)c3n1)OCC1C3CCC(CN21)N3)C12CCCN1CCC2. The minimum absolute atomic E-state index is 0.00656. The summed E-state index contributed by atoms with van der Waals surface area (Å²) in [5.41, 5.74) is 19.6. The molecule has 6 aromatic heterocycles. The molecule has 0 radical (unpaired) electrons. The zero-order valence-corrected chi connectivity index (χ0v) is 78.5. The predicted molar refractivity (Wildman–Crippen MR) is 513 cm³/mol. The topological polar surface area (TPSA) is 314 Å². The fraction of sp³-hybridized carbons (Fsp3) is 0.490. The molecule has 135 heavy (non-hydrogen) atoms. The maximum atomic E-state index is 19.5. The quantitative estimate of drug-likeness (QED) is 0.0519. The van der Waals surface area contributed by atoms with Crippen LogP contribution in [0.1, 0.15) is 157 Å². The van der Waals surface area contributed by atoms with Crippen LogP contribution in [-0.4, -0.2) is 207 Å². The van der Waals surface area contributed by atoms with Crippen LogP contribution in [0.25, 0.3) is 96.3 Å². The number of nitrogen functional groups attached to an aromatic ring is 3. The molecule has 15 aliphatic heterocycles. The molecule has 27 rings (SSSR count). The average molecular weight is 1950 g/mol. The van der Waals surface area contributed by atoms with Crippen LogP contribution in [0.5, 0.6) is 35.3 Å². The van der Waals surface area contributed by atoms with E-state index < -0.39 is 70.7 Å². The fourth-order valence-electron chi connectivity index (χ4n) is 27.8. The summed E-state index contributed by atoms with van der Waals surface area (Å²) in [6.07, 6.45) is 12.2. The number of alkyl halides is 1. The lowest BCUT2D eigenvalue weighted by molar-refractivity contribution is 0.0254. The van der Waals surface area contributed by atoms with E-state index >= 15 is 22.0 Å². The van der Waals surface area contributed by atoms with E-state index in [1.807, 2.05) is 43.3 Å². The highest BCUT2D eigenvalue weighted by atomic mass is 35.5. The molecule has 12 aromatic rings. The maximum absolute atomic E-state index is 19.5. The molecule has 14 unspecified atom stereocenters. The summed E-state index contributed by atoms with van der Waals surface area (Å²) >= 11 is 26.7. The van der Waals surface area contributed by atoms with Gasteiger partial charge in [0.1, 0.15) is 101 Å². The van der Waals surface area contributed by atoms with Gasteiger partial charge in [-0.3, -0.25) is 19.1 Å². The summed E-state index contributed by atoms with van der Waals surface area (Å²) < 4.78 is 135. The molecule has 0 amide bonds. The number of nitriles is 2. The third kappa shape index (κ3) is 12.2. The Morgan fingerprint density at radius 2 is 1.08 bits per heavy atom. The lowest BCUT2D eigenvalue weighted by atomic mass is 9.85. The van der Waals surface area contributed by atoms with Crippen LogP contribution < -0.4 is 76.3 Å². The van der Waals surface area contributed by atoms with Crippen molar-refractivity contribution in [1.29, 1.82) is 10.5 Å². The van der Waals surface area contributed by atoms with E-state index in [4.69, 9.17) is 110 Å². The number of nitrogens with one attached hydrogen (secondary N) is 3. The van der Waals surface area contributed by atoms with Crippen LogP contribution >= 0.6 is 68.8 Å². The van der Waals surface area contributed by atoms with Crippen LogP contribution in [0.3, 0.4) is 0 Å². The molecule has 37 heteroatoms. The minimum atomic E-state index is -1.02. The van der Waals surface area contributed by atoms with E-state index in [1.54, 1.807) is 0 Å². The molecule has 26 nitrogen and oxygen atoms in total. The molecule has 696 valence electrons. The van der Waals surface area contributed by atoms with Crippen LogP contribution in [0.15, 0.2) is 42.5 Å². The van der Waals surface area contributed by atoms with Gasteiger partial charge in [0.25, 0.3) is 0 Å². The Labute approximate surface area is 799 Å². The number of aromatic nitrogens is 6. The number of rotatable bonds is 15. The molecule has 21 heterocycles. The van der Waals surface area contributed by atoms with Crippen LogP contribution in [0.4, 0.5) is 54.4 Å². The number of nitrogens with zero attached hydrogens (tertiary/aromatic N) is 14. The van der Waals surface area contributed by atoms with Gasteiger partial charge in [-0.2, -0.15) is 40.4 Å². The molecule has 0 spiro atoms. The van der Waals surface area contributed by atoms with Crippen LogP contribution in [0.2, 0.25) is 15.1 Å². The van der Waals surface area contributed by atoms with Crippen LogP contribution in [0, 0.1) is 51.8 Å². The van der Waals surface area contributed by atoms with Crippen molar-refractivity contribution in [1.82, 2.24) is 60.6 Å². The van der Waals surface area contributed by atoms with Crippen molar-refractivity contribution in [3.05, 3.63) is 103 Å². The number of fused-ring (bicyclic) bond motifs is 21. The zero-order chi connectivity index (χ0) is 91.3. The predicted octanol–water partition coefficient (Wildman–Crippen LogP) is 17.7. The smallest absolute Gasteiger partial charge is 0.319 e. The first-order valence-corrected chi connectivity index (χ1v) is 51.1. The minimum Gasteiger partial charge on any atom is -0.489 e. The normalized spacial score (nSPS) is 28.8. The number of piperazine rings is 3. The Morgan fingerprint density at radius 3 is 1.69 bits per heavy atom. The molecule has 6 bridgehead atoms. The number of benzene rings is 6. The molecule has 12 fully saturated rings. The van der Waals surface area contributed by atoms with E-state index in [0.717, 1.165) is 111 Å². The second kappa shape index (κ2) is 30.8. The largest absolute Gasteiger partial charge is 0.489 e. The third-order valence-electron chi connectivity index (χ3n) is 33.9. The van der Waals surface area contributed by atoms with Gasteiger partial charge >= 0.3 is 18.0 Å². The van der Waals surface area contributed by atoms with Gasteiger partial charge in [0.15, 0.2) is 34.7 Å². The van der Waals surface area contributed by atoms with Crippen LogP contribution in [-0.2, 0) is 0 Å². The van der Waals surface area contributed by atoms with Gasteiger partial charge in [0, 0.05) is 128 Å². The molecular formula is C98H94Cl3F5N20O6S3. The number of halogens is 8. The number of anilines is 6. The Hall–Kier alpha value is -9.92. The van der Waals surface area contributed by atoms with E-state index in [1.165, 1.54) is 28.7 Å². The number of nitrogens with two attached hydrogens (primary N) is 3. The van der Waals surface area contributed by atoms with Gasteiger partial charge in [0.05, 0.1) is 88.8 Å². The summed E-state index contributed by atoms with van der Waals surface area (Å²) in [5, 5.41) is 36.7. The Balaban J connectivity index is 0.540. The molecular weight excluding hydrogens is 1850 g/mol. The van der Waals surface area contributed by atoms with Crippen molar-refractivity contribution < 1.29 is 50.4 Å². The molecule has 0 aliphatic carbocycles. The number of hydrogen-bond acceptors (Lipinski definition) is 29. The Morgan fingerprint density at radius 1 is 0.541 bits per heavy atom. The van der Waals surface area contributed by atoms with E-state index in [0.29, 0.717) is 135 Å². The fourth-order valence-corrected chi connectivity index (χ4v) is 31.7. The van der Waals surface area contributed by atoms with Gasteiger partial charge in [-0.05, 0) is 207 Å². The van der Waals surface area contributed by atoms with E-state index in [2.05, 4.69) is 64.4 Å². The van der Waals surface area contributed by atoms with Crippen molar-refractivity contribution in [2.75, 3.05) is 111 Å². The highest BCUT2D eigenvalue weighted by Crippen LogP contribution is 2.62. The summed E-state index contributed by atoms with van der Waals surface area (Å²) in [5.74, 6) is -1.92. The number of hydrogen-bond donors (Lipinski definition) is 6. The number of thiophene rings is 3. The van der Waals surface area contributed by atoms with Crippen molar-refractivity contribution in [3.63, 3.8) is 0 Å². The maximum Gasteiger partial charge on any atom is 0.319 e. The van der Waals surface area contributed by atoms with E-state index in [9.17, 15) is 10.5 Å². The van der Waals surface area contributed by atoms with Gasteiger partial charge in [-0.15, -0.1) is 34.0 Å². The van der Waals surface area contributed by atoms with Gasteiger partial charge in [-0.25, -0.2) is 17.6 Å². The van der Waals surface area contributed by atoms with Gasteiger partial charge in [0.2, 0.25) is 0 Å². The molecule has 12 saturated heterocycles. The van der Waals surface area contributed by atoms with Crippen molar-refractivity contribution in [3.8, 4) is 80.8 Å². The summed E-state index contributed by atoms with van der Waals surface area (Å²) in [6.45, 7) is 8.45. The first-order chi connectivity index (χ1) is 65.5. The molecule has 16 atom stereocenters. The lowest BCUT2D eigenvalue weighted by Gasteiger charge is -2.41. The Bertz CT molecular complexity index is 7260. The average Bonchev–Trinajstić information content (AvgIpc) is 1.66. The van der Waals surface area contributed by atoms with Gasteiger partial charge < -0.3 is 76.3 Å². The van der Waals surface area contributed by atoms with Crippen molar-refractivity contribution in [2.45, 2.75) is 218 Å². The molecule has 9 N–H and O–H groups in total. The summed E-state index contributed by atoms with van der Waals surface area (Å²) in [6, 6.07) is 16.1. The van der Waals surface area contributed by atoms with Crippen molar-refractivity contribution >= 4 is 164 Å². The molecule has 0 saturated carbocycles. The second-order valence-corrected chi connectivity index (χ2v) is 44.8. The summed E-state index contributed by atoms with van der Waals surface area (Å²) in [7, 11) is 0. The van der Waals surface area contributed by atoms with Gasteiger partial charge in [-0.1, -0.05) is 40.9 Å². The number of ether oxygens (including phenoxy) is 6. The van der Waals surface area contributed by atoms with E-state index in [-0.39, 0.29) is 209 Å². The standard InChI is InChI=1S/C98H94Cl3F5N20O6S3/c1-41(97-17-4-21-121(97)22-5-18-97)131-94-116-82-73-85(128-38-61-56-11-8-48(113-56)35-123(61)91(73)119-94)76(100)69(79(82)105)51-25-45(26-64-67(51)52(31-107)88(110)134-64)58-15-20-98(29-43(30-102)33-126(58)98)42(2)132-95-117-83-74-86(129-39-62-57-12-9-49(114-57)36-124(62)92(74)120-95)77(101)71(80(83)106)70-54(103)28-50(87-68(70)53(32-108)89(111)135-87)59-14-19-96(16-3-23-125(59)96)40-130-93-115-81-72-84(127-37-60-55-10-7-47(112-55)34-122(60)90(72)118-93)75(99)66(78(81)104)44-6-13-63-46(24-44)27-65(109)133-63/h6,13,24-28,41-43,47-49,55-62,112-114H,3-5,7-12,14-23,29-30,33-40,109-111H2,1-2H3/t41?,42?,43?,47?,48?,49?,55?,56?,57?,58?,59?,60?,61?,62?,96-,98+/m1/s1. The Kier molecular flexibility index (Phi) is 19.2. The highest BCUT2D eigenvalue weighted by Gasteiger charge is 2.59. The first kappa shape index (κ1) is 84.4. The highest BCUT2D eigenvalue weighted by molar-refractivity contribution is 7.23. The molecule has 6 aromatic carbocycles. The zero-order valence-electron chi connectivity index (χ0n) is 73.8. The lowest BCUT2D eigenvalue weighted by Crippen LogP contribution is -2.60. The third-order valence-corrected chi connectivity index (χ3v) is 38.0. The second-order valence-electron chi connectivity index (χ2n) is 40.4. The molecule has 15 aliphatic rings.